The van der Waals surface area contributed by atoms with E-state index in [4.69, 9.17) is 11.6 Å². The van der Waals surface area contributed by atoms with E-state index in [0.717, 1.165) is 5.92 Å². The van der Waals surface area contributed by atoms with Crippen LogP contribution in [0.4, 0.5) is 0 Å². The number of alkyl halides is 1. The van der Waals surface area contributed by atoms with Gasteiger partial charge in [-0.1, -0.05) is 76.9 Å². The van der Waals surface area contributed by atoms with Gasteiger partial charge in [0.15, 0.2) is 0 Å². The molecule has 1 aliphatic carbocycles. The highest BCUT2D eigenvalue weighted by atomic mass is 35.5. The SMILES string of the molecule is ClC1(C2CCCCCCCC2)BCCCCCCC1. The third-order valence-corrected chi connectivity index (χ3v) is 6.21. The van der Waals surface area contributed by atoms with Crippen LogP contribution in [0.3, 0.4) is 0 Å². The summed E-state index contributed by atoms with van der Waals surface area (Å²) in [5, 5.41) is 0. The summed E-state index contributed by atoms with van der Waals surface area (Å²) in [4.78, 5) is 0. The molecule has 1 aliphatic heterocycles. The second-order valence-corrected chi connectivity index (χ2v) is 7.80. The van der Waals surface area contributed by atoms with Gasteiger partial charge in [-0.05, 0) is 25.2 Å². The summed E-state index contributed by atoms with van der Waals surface area (Å²) in [5.41, 5.74) is 0. The van der Waals surface area contributed by atoms with Crippen LogP contribution in [0.15, 0.2) is 0 Å². The Hall–Kier alpha value is 0.355. The van der Waals surface area contributed by atoms with Crippen molar-refractivity contribution < 1.29 is 0 Å². The van der Waals surface area contributed by atoms with Gasteiger partial charge in [-0.2, -0.15) is 0 Å². The van der Waals surface area contributed by atoms with Crippen molar-refractivity contribution in [3.8, 4) is 0 Å². The van der Waals surface area contributed by atoms with Crippen LogP contribution in [0, 0.1) is 5.92 Å². The molecule has 2 fully saturated rings. The minimum absolute atomic E-state index is 0.161. The van der Waals surface area contributed by atoms with Gasteiger partial charge >= 0.3 is 0 Å². The summed E-state index contributed by atoms with van der Waals surface area (Å²) < 4.78 is 0.161. The van der Waals surface area contributed by atoms with Crippen molar-refractivity contribution in [1.29, 1.82) is 0 Å². The molecule has 2 aliphatic rings. The highest BCUT2D eigenvalue weighted by Gasteiger charge is 2.36. The number of hydrogen-bond donors (Lipinski definition) is 0. The average Bonchev–Trinajstić information content (AvgIpc) is 2.61. The van der Waals surface area contributed by atoms with Crippen LogP contribution in [0.1, 0.15) is 89.9 Å². The van der Waals surface area contributed by atoms with Gasteiger partial charge in [0.25, 0.3) is 0 Å². The normalized spacial score (nSPS) is 32.9. The zero-order valence-electron chi connectivity index (χ0n) is 12.8. The highest BCUT2D eigenvalue weighted by Crippen LogP contribution is 2.39. The molecule has 1 heterocycles. The van der Waals surface area contributed by atoms with E-state index in [1.165, 1.54) is 103 Å². The molecule has 110 valence electrons. The molecule has 1 atom stereocenters. The Morgan fingerprint density at radius 3 is 1.89 bits per heavy atom. The molecule has 0 aromatic carbocycles. The van der Waals surface area contributed by atoms with Gasteiger partial charge in [0, 0.05) is 4.77 Å². The lowest BCUT2D eigenvalue weighted by Crippen LogP contribution is -2.38. The maximum atomic E-state index is 7.18. The smallest absolute Gasteiger partial charge is 0.129 e. The molecule has 2 rings (SSSR count). The fourth-order valence-corrected chi connectivity index (χ4v) is 4.71. The quantitative estimate of drug-likeness (QED) is 0.416. The third-order valence-electron chi connectivity index (χ3n) is 5.52. The monoisotopic (exact) mass is 282 g/mol. The first kappa shape index (κ1) is 15.7. The summed E-state index contributed by atoms with van der Waals surface area (Å²) in [6.07, 6.45) is 21.2. The minimum Gasteiger partial charge on any atom is -0.129 e. The molecular weight excluding hydrogens is 250 g/mol. The first-order valence-corrected chi connectivity index (χ1v) is 9.38. The molecule has 0 bridgehead atoms. The Morgan fingerprint density at radius 1 is 0.684 bits per heavy atom. The Morgan fingerprint density at radius 2 is 1.21 bits per heavy atom. The predicted octanol–water partition coefficient (Wildman–Crippen LogP) is 5.88. The van der Waals surface area contributed by atoms with Crippen molar-refractivity contribution in [3.63, 3.8) is 0 Å². The van der Waals surface area contributed by atoms with Crippen LogP contribution in [0.5, 0.6) is 0 Å². The van der Waals surface area contributed by atoms with Crippen molar-refractivity contribution in [1.82, 2.24) is 0 Å². The van der Waals surface area contributed by atoms with Crippen molar-refractivity contribution in [3.05, 3.63) is 0 Å². The number of halogens is 1. The Labute approximate surface area is 126 Å². The van der Waals surface area contributed by atoms with Crippen molar-refractivity contribution in [2.75, 3.05) is 0 Å². The van der Waals surface area contributed by atoms with Gasteiger partial charge in [-0.15, -0.1) is 11.6 Å². The Kier molecular flexibility index (Phi) is 7.12. The number of hydrogen-bond acceptors (Lipinski definition) is 0. The lowest BCUT2D eigenvalue weighted by atomic mass is 9.53. The molecule has 0 spiro atoms. The van der Waals surface area contributed by atoms with Crippen LogP contribution >= 0.6 is 11.6 Å². The van der Waals surface area contributed by atoms with Crippen molar-refractivity contribution in [2.45, 2.75) is 101 Å². The van der Waals surface area contributed by atoms with Crippen LogP contribution in [-0.4, -0.2) is 12.1 Å². The van der Waals surface area contributed by atoms with E-state index < -0.39 is 0 Å². The molecule has 1 saturated carbocycles. The molecule has 0 N–H and O–H groups in total. The van der Waals surface area contributed by atoms with Crippen LogP contribution in [0.2, 0.25) is 6.32 Å². The van der Waals surface area contributed by atoms with E-state index in [2.05, 4.69) is 0 Å². The Bertz CT molecular complexity index is 221. The molecule has 0 aromatic heterocycles. The van der Waals surface area contributed by atoms with Crippen LogP contribution in [0.25, 0.3) is 0 Å². The van der Waals surface area contributed by atoms with E-state index in [0.29, 0.717) is 0 Å². The summed E-state index contributed by atoms with van der Waals surface area (Å²) in [6, 6.07) is 0. The second kappa shape index (κ2) is 8.60. The lowest BCUT2D eigenvalue weighted by Gasteiger charge is -2.35. The van der Waals surface area contributed by atoms with E-state index in [1.54, 1.807) is 0 Å². The minimum atomic E-state index is 0.161. The van der Waals surface area contributed by atoms with E-state index in [-0.39, 0.29) is 4.77 Å². The van der Waals surface area contributed by atoms with Crippen LogP contribution < -0.4 is 0 Å². The largest absolute Gasteiger partial charge is 0.147 e. The lowest BCUT2D eigenvalue weighted by molar-refractivity contribution is 0.358. The second-order valence-electron chi connectivity index (χ2n) is 7.05. The first-order valence-electron chi connectivity index (χ1n) is 9.00. The van der Waals surface area contributed by atoms with Gasteiger partial charge in [-0.3, -0.25) is 0 Å². The summed E-state index contributed by atoms with van der Waals surface area (Å²) >= 11 is 7.18. The molecule has 1 unspecified atom stereocenters. The van der Waals surface area contributed by atoms with Gasteiger partial charge in [0.2, 0.25) is 0 Å². The first-order chi connectivity index (χ1) is 9.31. The maximum Gasteiger partial charge on any atom is 0.147 e. The highest BCUT2D eigenvalue weighted by molar-refractivity contribution is 6.57. The van der Waals surface area contributed by atoms with Gasteiger partial charge in [0.1, 0.15) is 7.28 Å². The zero-order chi connectivity index (χ0) is 13.4. The van der Waals surface area contributed by atoms with Gasteiger partial charge in [0.05, 0.1) is 0 Å². The fourth-order valence-electron chi connectivity index (χ4n) is 4.23. The molecular formula is C17H32BCl. The summed E-state index contributed by atoms with van der Waals surface area (Å²) in [5.74, 6) is 0.811. The van der Waals surface area contributed by atoms with Crippen molar-refractivity contribution in [2.24, 2.45) is 5.92 Å². The summed E-state index contributed by atoms with van der Waals surface area (Å²) in [7, 11) is 1.29. The molecule has 0 nitrogen and oxygen atoms in total. The van der Waals surface area contributed by atoms with Gasteiger partial charge in [-0.25, -0.2) is 0 Å². The van der Waals surface area contributed by atoms with E-state index >= 15 is 0 Å². The fraction of sp³-hybridized carbons (Fsp3) is 1.00. The number of rotatable bonds is 1. The van der Waals surface area contributed by atoms with E-state index in [1.807, 2.05) is 0 Å². The topological polar surface area (TPSA) is 0 Å². The molecule has 0 amide bonds. The summed E-state index contributed by atoms with van der Waals surface area (Å²) in [6.45, 7) is 0. The molecule has 1 saturated heterocycles. The predicted molar refractivity (Wildman–Crippen MR) is 88.7 cm³/mol. The van der Waals surface area contributed by atoms with Gasteiger partial charge < -0.3 is 0 Å². The molecule has 0 aromatic rings. The third kappa shape index (κ3) is 5.33. The Balaban J connectivity index is 1.95. The average molecular weight is 283 g/mol. The van der Waals surface area contributed by atoms with Crippen LogP contribution in [-0.2, 0) is 0 Å². The molecule has 0 radical (unpaired) electrons. The molecule has 19 heavy (non-hydrogen) atoms. The van der Waals surface area contributed by atoms with Crippen molar-refractivity contribution >= 4 is 18.9 Å². The van der Waals surface area contributed by atoms with E-state index in [9.17, 15) is 0 Å². The standard InChI is InChI=1S/C17H32BCl/c19-17(14-10-6-3-7-11-15-18-17)16-12-8-4-1-2-5-9-13-16/h16,18H,1-15H2. The molecule has 2 heteroatoms. The maximum absolute atomic E-state index is 7.18. The zero-order valence-corrected chi connectivity index (χ0v) is 13.5.